The van der Waals surface area contributed by atoms with Crippen LogP contribution in [0.3, 0.4) is 0 Å². The minimum atomic E-state index is 0.382. The van der Waals surface area contributed by atoms with Crippen molar-refractivity contribution in [2.24, 2.45) is 0 Å². The second-order valence-corrected chi connectivity index (χ2v) is 5.02. The molecule has 1 aliphatic heterocycles. The zero-order chi connectivity index (χ0) is 12.0. The Morgan fingerprint density at radius 2 is 1.88 bits per heavy atom. The number of nitrogens with zero attached hydrogens (tertiary/aromatic N) is 1. The van der Waals surface area contributed by atoms with Crippen LogP contribution in [0.1, 0.15) is 40.5 Å². The van der Waals surface area contributed by atoms with Crippen molar-refractivity contribution in [3.63, 3.8) is 0 Å². The highest BCUT2D eigenvalue weighted by Gasteiger charge is 2.23. The number of nitrogens with one attached hydrogen (secondary N) is 1. The summed E-state index contributed by atoms with van der Waals surface area (Å²) in [5, 5.41) is 3.58. The van der Waals surface area contributed by atoms with E-state index in [-0.39, 0.29) is 0 Å². The van der Waals surface area contributed by atoms with Crippen LogP contribution in [0.15, 0.2) is 0 Å². The molecule has 1 fully saturated rings. The van der Waals surface area contributed by atoms with E-state index in [0.29, 0.717) is 18.2 Å². The first-order valence-electron chi connectivity index (χ1n) is 6.76. The van der Waals surface area contributed by atoms with Crippen LogP contribution >= 0.6 is 0 Å². The van der Waals surface area contributed by atoms with Gasteiger partial charge in [-0.3, -0.25) is 4.90 Å². The molecule has 0 aromatic carbocycles. The van der Waals surface area contributed by atoms with Crippen molar-refractivity contribution in [1.29, 1.82) is 0 Å². The van der Waals surface area contributed by atoms with E-state index in [2.05, 4.69) is 37.9 Å². The van der Waals surface area contributed by atoms with Crippen molar-refractivity contribution in [3.05, 3.63) is 0 Å². The van der Waals surface area contributed by atoms with E-state index in [0.717, 1.165) is 19.6 Å². The van der Waals surface area contributed by atoms with Gasteiger partial charge in [0, 0.05) is 25.7 Å². The van der Waals surface area contributed by atoms with Crippen LogP contribution in [0.5, 0.6) is 0 Å². The topological polar surface area (TPSA) is 24.5 Å². The zero-order valence-electron chi connectivity index (χ0n) is 11.3. The van der Waals surface area contributed by atoms with Crippen LogP contribution in [0.4, 0.5) is 0 Å². The van der Waals surface area contributed by atoms with Crippen LogP contribution in [0.25, 0.3) is 0 Å². The predicted molar refractivity (Wildman–Crippen MR) is 68.8 cm³/mol. The number of rotatable bonds is 6. The first-order valence-corrected chi connectivity index (χ1v) is 6.76. The highest BCUT2D eigenvalue weighted by Crippen LogP contribution is 2.12. The molecule has 1 aliphatic rings. The van der Waals surface area contributed by atoms with Gasteiger partial charge in [-0.2, -0.15) is 0 Å². The third-order valence-corrected chi connectivity index (χ3v) is 3.10. The second kappa shape index (κ2) is 7.25. The molecule has 1 N–H and O–H groups in total. The average Bonchev–Trinajstić information content (AvgIpc) is 2.16. The molecule has 0 radical (unpaired) electrons. The molecule has 1 saturated heterocycles. The van der Waals surface area contributed by atoms with E-state index in [4.69, 9.17) is 4.74 Å². The molecule has 0 spiro atoms. The standard InChI is InChI=1S/C13H28N2O/c1-5-7-13(14-6-2)10-15-8-11(3)16-12(4)9-15/h11-14H,5-10H2,1-4H3. The van der Waals surface area contributed by atoms with Gasteiger partial charge in [0.15, 0.2) is 0 Å². The molecule has 3 atom stereocenters. The molecule has 3 heteroatoms. The van der Waals surface area contributed by atoms with Crippen LogP contribution in [0, 0.1) is 0 Å². The van der Waals surface area contributed by atoms with E-state index in [1.54, 1.807) is 0 Å². The Bertz CT molecular complexity index is 171. The van der Waals surface area contributed by atoms with E-state index < -0.39 is 0 Å². The number of hydrogen-bond donors (Lipinski definition) is 1. The molecule has 1 rings (SSSR count). The third-order valence-electron chi connectivity index (χ3n) is 3.10. The minimum absolute atomic E-state index is 0.382. The van der Waals surface area contributed by atoms with Gasteiger partial charge in [0.25, 0.3) is 0 Å². The minimum Gasteiger partial charge on any atom is -0.373 e. The molecule has 0 aliphatic carbocycles. The van der Waals surface area contributed by atoms with Gasteiger partial charge in [0.2, 0.25) is 0 Å². The molecule has 16 heavy (non-hydrogen) atoms. The van der Waals surface area contributed by atoms with Crippen LogP contribution in [-0.4, -0.2) is 49.3 Å². The summed E-state index contributed by atoms with van der Waals surface area (Å²) in [6.07, 6.45) is 3.29. The molecule has 3 nitrogen and oxygen atoms in total. The van der Waals surface area contributed by atoms with Crippen molar-refractivity contribution < 1.29 is 4.74 Å². The maximum Gasteiger partial charge on any atom is 0.0678 e. The number of hydrogen-bond acceptors (Lipinski definition) is 3. The summed E-state index contributed by atoms with van der Waals surface area (Å²) in [5.41, 5.74) is 0. The van der Waals surface area contributed by atoms with Gasteiger partial charge in [0.05, 0.1) is 12.2 Å². The Morgan fingerprint density at radius 3 is 2.38 bits per heavy atom. The molecule has 96 valence electrons. The van der Waals surface area contributed by atoms with Gasteiger partial charge in [0.1, 0.15) is 0 Å². The lowest BCUT2D eigenvalue weighted by molar-refractivity contribution is -0.0699. The Kier molecular flexibility index (Phi) is 6.32. The van der Waals surface area contributed by atoms with E-state index in [1.807, 2.05) is 0 Å². The fourth-order valence-corrected chi connectivity index (χ4v) is 2.64. The van der Waals surface area contributed by atoms with E-state index in [1.165, 1.54) is 19.4 Å². The summed E-state index contributed by atoms with van der Waals surface area (Å²) < 4.78 is 5.76. The summed E-state index contributed by atoms with van der Waals surface area (Å²) in [4.78, 5) is 2.54. The van der Waals surface area contributed by atoms with Crippen molar-refractivity contribution in [2.75, 3.05) is 26.2 Å². The summed E-state index contributed by atoms with van der Waals surface area (Å²) in [5.74, 6) is 0. The molecule has 0 aromatic heterocycles. The first kappa shape index (κ1) is 13.9. The lowest BCUT2D eigenvalue weighted by Crippen LogP contribution is -2.50. The fraction of sp³-hybridized carbons (Fsp3) is 1.00. The SMILES string of the molecule is CCCC(CN1CC(C)OC(C)C1)NCC. The lowest BCUT2D eigenvalue weighted by Gasteiger charge is -2.37. The van der Waals surface area contributed by atoms with Gasteiger partial charge in [-0.1, -0.05) is 20.3 Å². The van der Waals surface area contributed by atoms with Crippen molar-refractivity contribution in [3.8, 4) is 0 Å². The van der Waals surface area contributed by atoms with Gasteiger partial charge in [-0.05, 0) is 26.8 Å². The van der Waals surface area contributed by atoms with Crippen LogP contribution < -0.4 is 5.32 Å². The van der Waals surface area contributed by atoms with Gasteiger partial charge < -0.3 is 10.1 Å². The van der Waals surface area contributed by atoms with Crippen molar-refractivity contribution in [2.45, 2.75) is 58.8 Å². The molecule has 0 saturated carbocycles. The normalized spacial score (nSPS) is 29.2. The Labute approximate surface area is 101 Å². The molecular weight excluding hydrogens is 200 g/mol. The summed E-state index contributed by atoms with van der Waals surface area (Å²) >= 11 is 0. The maximum absolute atomic E-state index is 5.76. The second-order valence-electron chi connectivity index (χ2n) is 5.02. The molecular formula is C13H28N2O. The smallest absolute Gasteiger partial charge is 0.0678 e. The Hall–Kier alpha value is -0.120. The summed E-state index contributed by atoms with van der Waals surface area (Å²) in [6.45, 7) is 13.2. The Balaban J connectivity index is 2.37. The number of likely N-dealkylation sites (N-methyl/N-ethyl adjacent to an activating group) is 1. The number of ether oxygens (including phenoxy) is 1. The van der Waals surface area contributed by atoms with Crippen molar-refractivity contribution in [1.82, 2.24) is 10.2 Å². The summed E-state index contributed by atoms with van der Waals surface area (Å²) in [7, 11) is 0. The molecule has 0 bridgehead atoms. The van der Waals surface area contributed by atoms with Gasteiger partial charge in [-0.25, -0.2) is 0 Å². The van der Waals surface area contributed by atoms with Crippen LogP contribution in [0.2, 0.25) is 0 Å². The van der Waals surface area contributed by atoms with Gasteiger partial charge in [-0.15, -0.1) is 0 Å². The van der Waals surface area contributed by atoms with E-state index in [9.17, 15) is 0 Å². The quantitative estimate of drug-likeness (QED) is 0.751. The third kappa shape index (κ3) is 4.81. The van der Waals surface area contributed by atoms with Gasteiger partial charge >= 0.3 is 0 Å². The first-order chi connectivity index (χ1) is 7.65. The van der Waals surface area contributed by atoms with Crippen molar-refractivity contribution >= 4 is 0 Å². The fourth-order valence-electron chi connectivity index (χ4n) is 2.64. The molecule has 3 unspecified atom stereocenters. The molecule has 0 aromatic rings. The Morgan fingerprint density at radius 1 is 1.25 bits per heavy atom. The highest BCUT2D eigenvalue weighted by molar-refractivity contribution is 4.78. The van der Waals surface area contributed by atoms with Crippen LogP contribution in [-0.2, 0) is 4.74 Å². The highest BCUT2D eigenvalue weighted by atomic mass is 16.5. The monoisotopic (exact) mass is 228 g/mol. The number of morpholine rings is 1. The lowest BCUT2D eigenvalue weighted by atomic mass is 10.1. The largest absolute Gasteiger partial charge is 0.373 e. The summed E-state index contributed by atoms with van der Waals surface area (Å²) in [6, 6.07) is 0.646. The zero-order valence-corrected chi connectivity index (χ0v) is 11.3. The average molecular weight is 228 g/mol. The molecule has 1 heterocycles. The molecule has 0 amide bonds. The van der Waals surface area contributed by atoms with E-state index >= 15 is 0 Å². The predicted octanol–water partition coefficient (Wildman–Crippen LogP) is 1.87. The maximum atomic E-state index is 5.76.